The maximum Gasteiger partial charge on any atom is 0.324 e. The maximum atomic E-state index is 11.4. The summed E-state index contributed by atoms with van der Waals surface area (Å²) in [6.45, 7) is 3.52. The minimum atomic E-state index is -0.690. The van der Waals surface area contributed by atoms with Crippen molar-refractivity contribution < 1.29 is 9.90 Å². The molecular formula is C11H18ClNO2. The summed E-state index contributed by atoms with van der Waals surface area (Å²) in [5, 5.41) is 9.37. The summed E-state index contributed by atoms with van der Waals surface area (Å²) in [7, 11) is 0. The predicted molar refractivity (Wildman–Crippen MR) is 61.1 cm³/mol. The van der Waals surface area contributed by atoms with Crippen molar-refractivity contribution >= 4 is 17.6 Å². The Morgan fingerprint density at radius 3 is 2.93 bits per heavy atom. The molecule has 1 unspecified atom stereocenters. The zero-order valence-electron chi connectivity index (χ0n) is 9.08. The van der Waals surface area contributed by atoms with E-state index < -0.39 is 11.5 Å². The predicted octanol–water partition coefficient (Wildman–Crippen LogP) is 2.46. The largest absolute Gasteiger partial charge is 0.480 e. The number of hydrogen-bond acceptors (Lipinski definition) is 2. The third kappa shape index (κ3) is 2.52. The molecule has 0 radical (unpaired) electrons. The van der Waals surface area contributed by atoms with Crippen LogP contribution in [0.5, 0.6) is 0 Å². The normalized spacial score (nSPS) is 27.6. The first-order valence-corrected chi connectivity index (χ1v) is 5.84. The van der Waals surface area contributed by atoms with Crippen molar-refractivity contribution in [2.24, 2.45) is 0 Å². The second-order valence-corrected chi connectivity index (χ2v) is 4.25. The van der Waals surface area contributed by atoms with E-state index >= 15 is 0 Å². The summed E-state index contributed by atoms with van der Waals surface area (Å²) in [6.07, 6.45) is 5.14. The Bertz CT molecular complexity index is 255. The molecule has 0 amide bonds. The maximum absolute atomic E-state index is 11.4. The highest BCUT2D eigenvalue weighted by molar-refractivity contribution is 6.25. The molecule has 15 heavy (non-hydrogen) atoms. The fraction of sp³-hybridized carbons (Fsp3) is 0.727. The van der Waals surface area contributed by atoms with Gasteiger partial charge in [0.2, 0.25) is 0 Å². The Balaban J connectivity index is 2.79. The second kappa shape index (κ2) is 5.52. The number of carboxylic acids is 1. The Kier molecular flexibility index (Phi) is 4.61. The summed E-state index contributed by atoms with van der Waals surface area (Å²) in [5.41, 5.74) is 0.808. The number of aliphatic carboxylic acids is 1. The molecule has 0 bridgehead atoms. The van der Waals surface area contributed by atoms with Crippen LogP contribution in [0.15, 0.2) is 11.6 Å². The summed E-state index contributed by atoms with van der Waals surface area (Å²) in [5.74, 6) is -0.690. The van der Waals surface area contributed by atoms with Gasteiger partial charge in [-0.3, -0.25) is 9.69 Å². The van der Waals surface area contributed by atoms with Gasteiger partial charge in [-0.15, -0.1) is 0 Å². The van der Waals surface area contributed by atoms with Gasteiger partial charge >= 0.3 is 5.97 Å². The molecule has 1 N–H and O–H groups in total. The summed E-state index contributed by atoms with van der Waals surface area (Å²) in [4.78, 5) is 13.4. The third-order valence-corrected chi connectivity index (χ3v) is 3.28. The molecule has 4 heteroatoms. The van der Waals surface area contributed by atoms with Gasteiger partial charge in [0.15, 0.2) is 0 Å². The molecule has 0 aromatic carbocycles. The van der Waals surface area contributed by atoms with Crippen molar-refractivity contribution in [1.29, 1.82) is 0 Å². The molecule has 0 aromatic heterocycles. The first kappa shape index (κ1) is 12.5. The van der Waals surface area contributed by atoms with Gasteiger partial charge in [-0.25, -0.2) is 0 Å². The number of carboxylic acid groups (broad SMARTS) is 1. The molecule has 1 heterocycles. The van der Waals surface area contributed by atoms with Crippen molar-refractivity contribution in [3.05, 3.63) is 11.6 Å². The Morgan fingerprint density at radius 2 is 2.40 bits per heavy atom. The number of carbonyl (C=O) groups is 1. The van der Waals surface area contributed by atoms with Gasteiger partial charge in [-0.1, -0.05) is 31.0 Å². The molecule has 0 aromatic rings. The van der Waals surface area contributed by atoms with E-state index in [0.29, 0.717) is 6.54 Å². The lowest BCUT2D eigenvalue weighted by Gasteiger charge is -2.33. The lowest BCUT2D eigenvalue weighted by Crippen LogP contribution is -2.50. The van der Waals surface area contributed by atoms with Crippen LogP contribution in [0.2, 0.25) is 0 Å². The minimum absolute atomic E-state index is 0.635. The van der Waals surface area contributed by atoms with Gasteiger partial charge in [-0.2, -0.15) is 0 Å². The van der Waals surface area contributed by atoms with Crippen LogP contribution < -0.4 is 0 Å². The zero-order valence-corrected chi connectivity index (χ0v) is 9.83. The molecule has 1 aliphatic heterocycles. The summed E-state index contributed by atoms with van der Waals surface area (Å²) < 4.78 is 0. The lowest BCUT2D eigenvalue weighted by molar-refractivity contribution is -0.150. The van der Waals surface area contributed by atoms with Crippen LogP contribution in [0.25, 0.3) is 0 Å². The van der Waals surface area contributed by atoms with Crippen LogP contribution in [0.1, 0.15) is 32.6 Å². The molecule has 1 rings (SSSR count). The standard InChI is InChI=1S/C11H18ClNO2/c1-2-5-11(10(14)15)6-3-8-13(11)9-4-7-12/h4,7H,2-3,5-6,8-9H2,1H3,(H,14,15)/b7-4+. The molecule has 0 aliphatic carbocycles. The number of likely N-dealkylation sites (tertiary alicyclic amines) is 1. The monoisotopic (exact) mass is 231 g/mol. The number of halogens is 1. The molecule has 0 spiro atoms. The highest BCUT2D eigenvalue weighted by Crippen LogP contribution is 2.33. The smallest absolute Gasteiger partial charge is 0.324 e. The van der Waals surface area contributed by atoms with Gasteiger partial charge in [-0.05, 0) is 25.8 Å². The molecule has 3 nitrogen and oxygen atoms in total. The molecule has 1 aliphatic rings. The van der Waals surface area contributed by atoms with E-state index in [1.165, 1.54) is 5.54 Å². The minimum Gasteiger partial charge on any atom is -0.480 e. The third-order valence-electron chi connectivity index (χ3n) is 3.10. The molecule has 1 fully saturated rings. The van der Waals surface area contributed by atoms with Gasteiger partial charge in [0.1, 0.15) is 5.54 Å². The van der Waals surface area contributed by atoms with Crippen molar-refractivity contribution in [3.63, 3.8) is 0 Å². The molecular weight excluding hydrogens is 214 g/mol. The molecule has 1 saturated heterocycles. The number of hydrogen-bond donors (Lipinski definition) is 1. The van der Waals surface area contributed by atoms with Crippen LogP contribution in [-0.2, 0) is 4.79 Å². The van der Waals surface area contributed by atoms with Crippen molar-refractivity contribution in [3.8, 4) is 0 Å². The fourth-order valence-electron chi connectivity index (χ4n) is 2.41. The van der Waals surface area contributed by atoms with Crippen LogP contribution >= 0.6 is 11.6 Å². The number of nitrogens with zero attached hydrogens (tertiary/aromatic N) is 1. The molecule has 0 saturated carbocycles. The van der Waals surface area contributed by atoms with E-state index in [9.17, 15) is 9.90 Å². The Labute approximate surface area is 95.7 Å². The van der Waals surface area contributed by atoms with Gasteiger partial charge in [0.05, 0.1) is 0 Å². The average molecular weight is 232 g/mol. The highest BCUT2D eigenvalue weighted by Gasteiger charge is 2.46. The summed E-state index contributed by atoms with van der Waals surface area (Å²) in [6, 6.07) is 0. The fourth-order valence-corrected chi connectivity index (χ4v) is 2.49. The van der Waals surface area contributed by atoms with Crippen molar-refractivity contribution in [2.75, 3.05) is 13.1 Å². The molecule has 1 atom stereocenters. The first-order chi connectivity index (χ1) is 7.17. The zero-order chi connectivity index (χ0) is 11.3. The summed E-state index contributed by atoms with van der Waals surface area (Å²) >= 11 is 5.48. The number of rotatable bonds is 5. The van der Waals surface area contributed by atoms with Crippen molar-refractivity contribution in [1.82, 2.24) is 4.90 Å². The topological polar surface area (TPSA) is 40.5 Å². The second-order valence-electron chi connectivity index (χ2n) is 4.00. The Morgan fingerprint density at radius 1 is 1.67 bits per heavy atom. The highest BCUT2D eigenvalue weighted by atomic mass is 35.5. The van der Waals surface area contributed by atoms with Gasteiger partial charge < -0.3 is 5.11 Å². The van der Waals surface area contributed by atoms with Crippen molar-refractivity contribution in [2.45, 2.75) is 38.1 Å². The van der Waals surface area contributed by atoms with E-state index in [1.54, 1.807) is 6.08 Å². The quantitative estimate of drug-likeness (QED) is 0.790. The van der Waals surface area contributed by atoms with E-state index in [2.05, 4.69) is 0 Å². The van der Waals surface area contributed by atoms with Crippen LogP contribution in [0, 0.1) is 0 Å². The SMILES string of the molecule is CCCC1(C(=O)O)CCCN1C/C=C/Cl. The molecule has 86 valence electrons. The van der Waals surface area contributed by atoms with Crippen LogP contribution in [0.3, 0.4) is 0 Å². The van der Waals surface area contributed by atoms with Gasteiger partial charge in [0.25, 0.3) is 0 Å². The first-order valence-electron chi connectivity index (χ1n) is 5.41. The van der Waals surface area contributed by atoms with Crippen LogP contribution in [-0.4, -0.2) is 34.6 Å². The van der Waals surface area contributed by atoms with E-state index in [0.717, 1.165) is 32.2 Å². The lowest BCUT2D eigenvalue weighted by atomic mass is 9.90. The Hall–Kier alpha value is -0.540. The van der Waals surface area contributed by atoms with E-state index in [1.807, 2.05) is 11.8 Å². The average Bonchev–Trinajstić information content (AvgIpc) is 2.60. The van der Waals surface area contributed by atoms with Gasteiger partial charge in [0, 0.05) is 12.1 Å². The van der Waals surface area contributed by atoms with E-state index in [4.69, 9.17) is 11.6 Å². The van der Waals surface area contributed by atoms with E-state index in [-0.39, 0.29) is 0 Å². The van der Waals surface area contributed by atoms with Crippen LogP contribution in [0.4, 0.5) is 0 Å².